The maximum Gasteiger partial charge on any atom is 0.145 e. The zero-order valence-corrected chi connectivity index (χ0v) is 30.6. The molecular weight excluding hydrogens is 633 g/mol. The molecule has 0 amide bonds. The lowest BCUT2D eigenvalue weighted by Crippen LogP contribution is -2.11. The molecule has 1 N–H and O–H groups in total. The molecule has 0 radical (unpaired) electrons. The van der Waals surface area contributed by atoms with Crippen molar-refractivity contribution in [1.82, 2.24) is 19.5 Å². The number of rotatable bonds is 4. The first-order chi connectivity index (χ1) is 25.0. The largest absolute Gasteiger partial charge is 0.354 e. The van der Waals surface area contributed by atoms with Gasteiger partial charge in [-0.15, -0.1) is 0 Å². The molecule has 0 atom stereocenters. The highest BCUT2D eigenvalue weighted by atomic mass is 15.1. The maximum atomic E-state index is 5.55. The first kappa shape index (κ1) is 31.9. The first-order valence-electron chi connectivity index (χ1n) is 18.2. The minimum atomic E-state index is -0.00612. The smallest absolute Gasteiger partial charge is 0.145 e. The molecule has 9 aromatic rings. The number of fused-ring (bicyclic) bond motifs is 5. The summed E-state index contributed by atoms with van der Waals surface area (Å²) in [6, 6.07) is 48.3. The average Bonchev–Trinajstić information content (AvgIpc) is 3.73. The Labute approximate surface area is 304 Å². The van der Waals surface area contributed by atoms with Crippen molar-refractivity contribution in [2.24, 2.45) is 0 Å². The van der Waals surface area contributed by atoms with E-state index in [1.807, 2.05) is 12.3 Å². The van der Waals surface area contributed by atoms with Gasteiger partial charge in [0.05, 0.1) is 22.1 Å². The predicted molar refractivity (Wildman–Crippen MR) is 219 cm³/mol. The summed E-state index contributed by atoms with van der Waals surface area (Å²) in [6.45, 7) is 13.6. The molecule has 0 aliphatic carbocycles. The van der Waals surface area contributed by atoms with E-state index in [1.54, 1.807) is 0 Å². The van der Waals surface area contributed by atoms with E-state index in [0.717, 1.165) is 72.3 Å². The van der Waals surface area contributed by atoms with E-state index in [2.05, 4.69) is 178 Å². The highest BCUT2D eigenvalue weighted by molar-refractivity contribution is 6.13. The monoisotopic (exact) mass is 674 g/mol. The fourth-order valence-corrected chi connectivity index (χ4v) is 7.65. The number of hydrogen-bond acceptors (Lipinski definition) is 2. The van der Waals surface area contributed by atoms with Gasteiger partial charge in [0.25, 0.3) is 0 Å². The Balaban J connectivity index is 1.30. The number of benzene rings is 6. The van der Waals surface area contributed by atoms with Crippen LogP contribution in [0.15, 0.2) is 140 Å². The molecule has 9 rings (SSSR count). The van der Waals surface area contributed by atoms with E-state index in [1.165, 1.54) is 21.9 Å². The Morgan fingerprint density at radius 3 is 2.06 bits per heavy atom. The van der Waals surface area contributed by atoms with Gasteiger partial charge >= 0.3 is 0 Å². The van der Waals surface area contributed by atoms with Gasteiger partial charge in [0.2, 0.25) is 0 Å². The molecule has 0 unspecified atom stereocenters. The van der Waals surface area contributed by atoms with Crippen molar-refractivity contribution in [3.63, 3.8) is 0 Å². The van der Waals surface area contributed by atoms with Gasteiger partial charge in [-0.25, -0.2) is 4.98 Å². The molecule has 6 aromatic carbocycles. The van der Waals surface area contributed by atoms with E-state index < -0.39 is 0 Å². The van der Waals surface area contributed by atoms with E-state index in [9.17, 15) is 0 Å². The maximum absolute atomic E-state index is 5.55. The van der Waals surface area contributed by atoms with Gasteiger partial charge < -0.3 is 4.98 Å². The minimum absolute atomic E-state index is 0.00612. The fourth-order valence-electron chi connectivity index (χ4n) is 7.65. The molecule has 3 aromatic heterocycles. The number of nitrogens with zero attached hydrogens (tertiary/aromatic N) is 3. The number of para-hydroxylation sites is 3. The summed E-state index contributed by atoms with van der Waals surface area (Å²) in [5.41, 5.74) is 14.6. The average molecular weight is 675 g/mol. The zero-order valence-electron chi connectivity index (χ0n) is 30.6. The molecule has 0 aliphatic heterocycles. The lowest BCUT2D eigenvalue weighted by molar-refractivity contribution is 0.590. The van der Waals surface area contributed by atoms with Crippen molar-refractivity contribution in [3.8, 4) is 39.3 Å². The van der Waals surface area contributed by atoms with Crippen molar-refractivity contribution in [2.75, 3.05) is 0 Å². The van der Waals surface area contributed by atoms with Crippen LogP contribution in [-0.4, -0.2) is 19.5 Å². The molecule has 254 valence electrons. The Bertz CT molecular complexity index is 2800. The number of pyridine rings is 1. The number of nitrogens with one attached hydrogen (secondary N) is 1. The van der Waals surface area contributed by atoms with Crippen LogP contribution < -0.4 is 0 Å². The molecule has 4 nitrogen and oxygen atoms in total. The fraction of sp³-hybridized carbons (Fsp3) is 0.167. The zero-order chi connectivity index (χ0) is 35.8. The van der Waals surface area contributed by atoms with Crippen LogP contribution in [0.25, 0.3) is 83.1 Å². The second-order valence-corrected chi connectivity index (χ2v) is 16.1. The molecule has 0 aliphatic rings. The summed E-state index contributed by atoms with van der Waals surface area (Å²) in [4.78, 5) is 14.2. The van der Waals surface area contributed by atoms with E-state index >= 15 is 0 Å². The van der Waals surface area contributed by atoms with Crippen LogP contribution in [0.4, 0.5) is 0 Å². The SMILES string of the molecule is CC(C)(C)c1ccc(-n2c(-c3cccc(-c4cc(C(C)(C)C)cc5cccnc45)c3)nc3c(-c4cccc5c4[nH]c4ccccc45)cccc32)cc1. The molecule has 0 saturated heterocycles. The third kappa shape index (κ3) is 5.29. The summed E-state index contributed by atoms with van der Waals surface area (Å²) in [5, 5.41) is 3.59. The minimum Gasteiger partial charge on any atom is -0.354 e. The van der Waals surface area contributed by atoms with Crippen LogP contribution in [0.1, 0.15) is 52.7 Å². The molecule has 0 bridgehead atoms. The van der Waals surface area contributed by atoms with Crippen LogP contribution >= 0.6 is 0 Å². The Morgan fingerprint density at radius 1 is 0.538 bits per heavy atom. The number of aromatic amines is 1. The van der Waals surface area contributed by atoms with Gasteiger partial charge in [-0.3, -0.25) is 9.55 Å². The summed E-state index contributed by atoms with van der Waals surface area (Å²) >= 11 is 0. The van der Waals surface area contributed by atoms with Gasteiger partial charge in [-0.2, -0.15) is 0 Å². The molecule has 0 saturated carbocycles. The molecule has 0 spiro atoms. The van der Waals surface area contributed by atoms with Crippen molar-refractivity contribution in [1.29, 1.82) is 0 Å². The second kappa shape index (κ2) is 11.8. The molecule has 4 heteroatoms. The van der Waals surface area contributed by atoms with Crippen LogP contribution in [-0.2, 0) is 10.8 Å². The van der Waals surface area contributed by atoms with Crippen molar-refractivity contribution < 1.29 is 0 Å². The van der Waals surface area contributed by atoms with Crippen LogP contribution in [0, 0.1) is 0 Å². The summed E-state index contributed by atoms with van der Waals surface area (Å²) in [7, 11) is 0. The van der Waals surface area contributed by atoms with Gasteiger partial charge in [-0.05, 0) is 76.1 Å². The van der Waals surface area contributed by atoms with E-state index in [-0.39, 0.29) is 10.8 Å². The Morgan fingerprint density at radius 2 is 1.25 bits per heavy atom. The normalized spacial score (nSPS) is 12.4. The highest BCUT2D eigenvalue weighted by Crippen LogP contribution is 2.40. The van der Waals surface area contributed by atoms with Crippen LogP contribution in [0.5, 0.6) is 0 Å². The van der Waals surface area contributed by atoms with Crippen molar-refractivity contribution in [2.45, 2.75) is 52.4 Å². The Kier molecular flexibility index (Phi) is 7.24. The van der Waals surface area contributed by atoms with Crippen LogP contribution in [0.2, 0.25) is 0 Å². The van der Waals surface area contributed by atoms with Crippen molar-refractivity contribution >= 4 is 43.7 Å². The topological polar surface area (TPSA) is 46.5 Å². The second-order valence-electron chi connectivity index (χ2n) is 16.1. The summed E-state index contributed by atoms with van der Waals surface area (Å²) in [5.74, 6) is 0.904. The third-order valence-electron chi connectivity index (χ3n) is 10.5. The predicted octanol–water partition coefficient (Wildman–Crippen LogP) is 12.8. The lowest BCUT2D eigenvalue weighted by Gasteiger charge is -2.21. The van der Waals surface area contributed by atoms with E-state index in [0.29, 0.717) is 0 Å². The van der Waals surface area contributed by atoms with Crippen LogP contribution in [0.3, 0.4) is 0 Å². The summed E-state index contributed by atoms with van der Waals surface area (Å²) in [6.07, 6.45) is 1.89. The molecule has 3 heterocycles. The molecule has 52 heavy (non-hydrogen) atoms. The highest BCUT2D eigenvalue weighted by Gasteiger charge is 2.22. The Hall–Kier alpha value is -6.00. The molecule has 0 fully saturated rings. The van der Waals surface area contributed by atoms with Gasteiger partial charge in [0.1, 0.15) is 5.82 Å². The number of H-pyrrole nitrogens is 1. The first-order valence-corrected chi connectivity index (χ1v) is 18.2. The third-order valence-corrected chi connectivity index (χ3v) is 10.5. The van der Waals surface area contributed by atoms with Gasteiger partial charge in [-0.1, -0.05) is 126 Å². The summed E-state index contributed by atoms with van der Waals surface area (Å²) < 4.78 is 2.33. The lowest BCUT2D eigenvalue weighted by atomic mass is 9.84. The molecular formula is C48H42N4. The number of hydrogen-bond donors (Lipinski definition) is 1. The quantitative estimate of drug-likeness (QED) is 0.202. The van der Waals surface area contributed by atoms with E-state index in [4.69, 9.17) is 9.97 Å². The van der Waals surface area contributed by atoms with Gasteiger partial charge in [0, 0.05) is 55.8 Å². The van der Waals surface area contributed by atoms with Crippen molar-refractivity contribution in [3.05, 3.63) is 151 Å². The standard InChI is InChI=1S/C48H42N4/c1-47(2,3)33-22-24-35(25-23-33)52-42-21-11-19-39(38-18-10-17-37-36-16-7-8-20-41(36)50-44(37)38)45(42)51-46(52)32-14-9-13-30(27-32)40-29-34(48(4,5)6)28-31-15-12-26-49-43(31)40/h7-29,50H,1-6H3. The number of aromatic nitrogens is 4. The van der Waals surface area contributed by atoms with Gasteiger partial charge in [0.15, 0.2) is 0 Å². The number of imidazole rings is 1.